The van der Waals surface area contributed by atoms with Crippen LogP contribution in [0.25, 0.3) is 0 Å². The van der Waals surface area contributed by atoms with Gasteiger partial charge in [-0.25, -0.2) is 4.98 Å². The van der Waals surface area contributed by atoms with Crippen molar-refractivity contribution < 1.29 is 13.2 Å². The van der Waals surface area contributed by atoms with Crippen LogP contribution in [0.2, 0.25) is 0 Å². The second-order valence-corrected chi connectivity index (χ2v) is 4.01. The molecule has 0 amide bonds. The number of nitrogens with one attached hydrogen (secondary N) is 1. The molecule has 96 valence electrons. The van der Waals surface area contributed by atoms with E-state index in [-0.39, 0.29) is 0 Å². The third-order valence-corrected chi connectivity index (χ3v) is 2.18. The molecule has 0 spiro atoms. The van der Waals surface area contributed by atoms with Crippen LogP contribution < -0.4 is 5.32 Å². The van der Waals surface area contributed by atoms with E-state index < -0.39 is 11.7 Å². The van der Waals surface area contributed by atoms with E-state index in [2.05, 4.69) is 10.3 Å². The minimum absolute atomic E-state index is 0.469. The van der Waals surface area contributed by atoms with Crippen LogP contribution >= 0.6 is 0 Å². The predicted octanol–water partition coefficient (Wildman–Crippen LogP) is 2.46. The van der Waals surface area contributed by atoms with Crippen molar-refractivity contribution in [2.75, 3.05) is 32.5 Å². The lowest BCUT2D eigenvalue weighted by Crippen LogP contribution is -2.16. The molecule has 0 bridgehead atoms. The zero-order valence-corrected chi connectivity index (χ0v) is 9.88. The summed E-state index contributed by atoms with van der Waals surface area (Å²) in [5.74, 6) is 0.469. The van der Waals surface area contributed by atoms with Gasteiger partial charge in [-0.15, -0.1) is 0 Å². The first kappa shape index (κ1) is 13.8. The van der Waals surface area contributed by atoms with Crippen molar-refractivity contribution in [1.29, 1.82) is 0 Å². The average molecular weight is 247 g/mol. The second-order valence-electron chi connectivity index (χ2n) is 4.01. The summed E-state index contributed by atoms with van der Waals surface area (Å²) in [7, 11) is 3.94. The van der Waals surface area contributed by atoms with E-state index in [0.29, 0.717) is 12.4 Å². The highest BCUT2D eigenvalue weighted by Crippen LogP contribution is 2.28. The van der Waals surface area contributed by atoms with Gasteiger partial charge >= 0.3 is 6.18 Å². The van der Waals surface area contributed by atoms with Crippen molar-refractivity contribution in [1.82, 2.24) is 9.88 Å². The van der Waals surface area contributed by atoms with Crippen LogP contribution in [0.5, 0.6) is 0 Å². The fourth-order valence-corrected chi connectivity index (χ4v) is 1.28. The van der Waals surface area contributed by atoms with Crippen LogP contribution in [0.15, 0.2) is 18.3 Å². The van der Waals surface area contributed by atoms with E-state index >= 15 is 0 Å². The minimum Gasteiger partial charge on any atom is -0.370 e. The first-order valence-electron chi connectivity index (χ1n) is 5.31. The van der Waals surface area contributed by atoms with E-state index in [1.165, 1.54) is 6.07 Å². The fraction of sp³-hybridized carbons (Fsp3) is 0.545. The number of aromatic nitrogens is 1. The van der Waals surface area contributed by atoms with Crippen molar-refractivity contribution >= 4 is 5.82 Å². The Morgan fingerprint density at radius 1 is 1.29 bits per heavy atom. The summed E-state index contributed by atoms with van der Waals surface area (Å²) in [6.07, 6.45) is -2.57. The van der Waals surface area contributed by atoms with Crippen LogP contribution in [0, 0.1) is 0 Å². The maximum atomic E-state index is 12.2. The maximum absolute atomic E-state index is 12.2. The Labute approximate surface area is 98.6 Å². The van der Waals surface area contributed by atoms with Gasteiger partial charge in [0.05, 0.1) is 5.56 Å². The summed E-state index contributed by atoms with van der Waals surface area (Å²) >= 11 is 0. The molecule has 0 aliphatic heterocycles. The summed E-state index contributed by atoms with van der Waals surface area (Å²) in [6.45, 7) is 1.62. The maximum Gasteiger partial charge on any atom is 0.417 e. The molecule has 0 aromatic carbocycles. The summed E-state index contributed by atoms with van der Waals surface area (Å²) < 4.78 is 36.7. The van der Waals surface area contributed by atoms with Gasteiger partial charge in [-0.1, -0.05) is 0 Å². The van der Waals surface area contributed by atoms with Gasteiger partial charge in [-0.05, 0) is 39.2 Å². The van der Waals surface area contributed by atoms with Crippen LogP contribution in [0.1, 0.15) is 12.0 Å². The van der Waals surface area contributed by atoms with Gasteiger partial charge in [-0.2, -0.15) is 13.2 Å². The van der Waals surface area contributed by atoms with Crippen molar-refractivity contribution in [3.63, 3.8) is 0 Å². The molecule has 0 fully saturated rings. The van der Waals surface area contributed by atoms with Crippen LogP contribution in [0.4, 0.5) is 19.0 Å². The van der Waals surface area contributed by atoms with Crippen molar-refractivity contribution in [3.8, 4) is 0 Å². The Morgan fingerprint density at radius 3 is 2.47 bits per heavy atom. The normalized spacial score (nSPS) is 11.9. The van der Waals surface area contributed by atoms with E-state index in [1.807, 2.05) is 19.0 Å². The lowest BCUT2D eigenvalue weighted by atomic mass is 10.3. The number of rotatable bonds is 5. The summed E-state index contributed by atoms with van der Waals surface area (Å²) in [4.78, 5) is 5.76. The summed E-state index contributed by atoms with van der Waals surface area (Å²) in [6, 6.07) is 2.37. The Bertz CT molecular complexity index is 333. The number of pyridine rings is 1. The molecule has 1 aromatic rings. The van der Waals surface area contributed by atoms with E-state index in [0.717, 1.165) is 25.2 Å². The van der Waals surface area contributed by atoms with Gasteiger partial charge in [0, 0.05) is 12.7 Å². The van der Waals surface area contributed by atoms with Crippen molar-refractivity contribution in [2.45, 2.75) is 12.6 Å². The molecule has 1 heterocycles. The molecule has 0 aliphatic rings. The molecule has 3 nitrogen and oxygen atoms in total. The molecular weight excluding hydrogens is 231 g/mol. The highest BCUT2D eigenvalue weighted by atomic mass is 19.4. The lowest BCUT2D eigenvalue weighted by Gasteiger charge is -2.11. The molecule has 0 atom stereocenters. The SMILES string of the molecule is CN(C)CCCNc1ccc(C(F)(F)F)cn1. The molecule has 0 aliphatic carbocycles. The second kappa shape index (κ2) is 5.86. The number of alkyl halides is 3. The molecule has 0 saturated carbocycles. The lowest BCUT2D eigenvalue weighted by molar-refractivity contribution is -0.137. The molecule has 6 heteroatoms. The first-order valence-corrected chi connectivity index (χ1v) is 5.31. The molecule has 0 radical (unpaired) electrons. The number of hydrogen-bond acceptors (Lipinski definition) is 3. The summed E-state index contributed by atoms with van der Waals surface area (Å²) in [5, 5.41) is 2.97. The van der Waals surface area contributed by atoms with E-state index in [1.54, 1.807) is 0 Å². The third kappa shape index (κ3) is 5.04. The molecule has 17 heavy (non-hydrogen) atoms. The molecule has 0 saturated heterocycles. The number of hydrogen-bond donors (Lipinski definition) is 1. The van der Waals surface area contributed by atoms with Crippen LogP contribution in [-0.4, -0.2) is 37.1 Å². The van der Waals surface area contributed by atoms with Crippen molar-refractivity contribution in [3.05, 3.63) is 23.9 Å². The molecule has 1 rings (SSSR count). The van der Waals surface area contributed by atoms with Gasteiger partial charge in [0.1, 0.15) is 5.82 Å². The minimum atomic E-state index is -4.32. The predicted molar refractivity (Wildman–Crippen MR) is 60.9 cm³/mol. The smallest absolute Gasteiger partial charge is 0.370 e. The molecular formula is C11H16F3N3. The number of anilines is 1. The van der Waals surface area contributed by atoms with Gasteiger partial charge < -0.3 is 10.2 Å². The largest absolute Gasteiger partial charge is 0.417 e. The van der Waals surface area contributed by atoms with Gasteiger partial charge in [0.25, 0.3) is 0 Å². The Hall–Kier alpha value is -1.30. The first-order chi connectivity index (χ1) is 7.89. The third-order valence-electron chi connectivity index (χ3n) is 2.18. The monoisotopic (exact) mass is 247 g/mol. The quantitative estimate of drug-likeness (QED) is 0.810. The molecule has 1 N–H and O–H groups in total. The highest BCUT2D eigenvalue weighted by Gasteiger charge is 2.30. The van der Waals surface area contributed by atoms with E-state index in [4.69, 9.17) is 0 Å². The van der Waals surface area contributed by atoms with Crippen molar-refractivity contribution in [2.24, 2.45) is 0 Å². The number of halogens is 3. The molecule has 0 unspecified atom stereocenters. The Morgan fingerprint density at radius 2 is 2.00 bits per heavy atom. The standard InChI is InChI=1S/C11H16F3N3/c1-17(2)7-3-6-15-10-5-4-9(8-16-10)11(12,13)14/h4-5,8H,3,6-7H2,1-2H3,(H,15,16). The Balaban J connectivity index is 2.41. The topological polar surface area (TPSA) is 28.2 Å². The number of nitrogens with zero attached hydrogens (tertiary/aromatic N) is 2. The Kier molecular flexibility index (Phi) is 4.74. The fourth-order valence-electron chi connectivity index (χ4n) is 1.28. The average Bonchev–Trinajstić information content (AvgIpc) is 2.23. The van der Waals surface area contributed by atoms with Gasteiger partial charge in [0.15, 0.2) is 0 Å². The molecule has 1 aromatic heterocycles. The van der Waals surface area contributed by atoms with Gasteiger partial charge in [0.2, 0.25) is 0 Å². The van der Waals surface area contributed by atoms with E-state index in [9.17, 15) is 13.2 Å². The van der Waals surface area contributed by atoms with Crippen LogP contribution in [0.3, 0.4) is 0 Å². The zero-order valence-electron chi connectivity index (χ0n) is 9.88. The zero-order chi connectivity index (χ0) is 12.9. The highest BCUT2D eigenvalue weighted by molar-refractivity contribution is 5.35. The van der Waals surface area contributed by atoms with Gasteiger partial charge in [-0.3, -0.25) is 0 Å². The van der Waals surface area contributed by atoms with Crippen LogP contribution in [-0.2, 0) is 6.18 Å². The summed E-state index contributed by atoms with van der Waals surface area (Å²) in [5.41, 5.74) is -0.726.